The summed E-state index contributed by atoms with van der Waals surface area (Å²) in [6.45, 7) is 8.78. The van der Waals surface area contributed by atoms with Crippen molar-refractivity contribution in [2.24, 2.45) is 0 Å². The van der Waals surface area contributed by atoms with Crippen LogP contribution in [0.5, 0.6) is 0 Å². The Morgan fingerprint density at radius 3 is 2.56 bits per heavy atom. The van der Waals surface area contributed by atoms with E-state index in [1.807, 2.05) is 0 Å². The summed E-state index contributed by atoms with van der Waals surface area (Å²) in [4.78, 5) is 3.64. The van der Waals surface area contributed by atoms with E-state index in [0.717, 1.165) is 24.4 Å². The van der Waals surface area contributed by atoms with E-state index in [0.29, 0.717) is 0 Å². The molecule has 2 atom stereocenters. The van der Waals surface area contributed by atoms with Gasteiger partial charge in [-0.15, -0.1) is 11.3 Å². The minimum Gasteiger partial charge on any atom is -0.386 e. The second kappa shape index (κ2) is 5.72. The molecule has 1 aliphatic heterocycles. The van der Waals surface area contributed by atoms with Crippen LogP contribution in [0.15, 0.2) is 11.4 Å². The number of aliphatic hydroxyl groups excluding tert-OH is 1. The molecule has 0 saturated carbocycles. The average Bonchev–Trinajstić information content (AvgIpc) is 2.84. The number of hydrogen-bond acceptors (Lipinski definition) is 3. The van der Waals surface area contributed by atoms with Gasteiger partial charge in [-0.3, -0.25) is 4.90 Å². The molecule has 102 valence electrons. The van der Waals surface area contributed by atoms with E-state index >= 15 is 0 Å². The van der Waals surface area contributed by atoms with Crippen LogP contribution in [0.2, 0.25) is 0 Å². The van der Waals surface area contributed by atoms with Crippen molar-refractivity contribution >= 4 is 11.3 Å². The van der Waals surface area contributed by atoms with E-state index in [1.54, 1.807) is 11.3 Å². The van der Waals surface area contributed by atoms with Crippen LogP contribution in [0, 0.1) is 6.92 Å². The zero-order valence-corrected chi connectivity index (χ0v) is 12.6. The first-order valence-electron chi connectivity index (χ1n) is 7.06. The largest absolute Gasteiger partial charge is 0.386 e. The van der Waals surface area contributed by atoms with Crippen LogP contribution in [-0.2, 0) is 0 Å². The fraction of sp³-hybridized carbons (Fsp3) is 0.733. The van der Waals surface area contributed by atoms with Gasteiger partial charge in [0.1, 0.15) is 6.10 Å². The van der Waals surface area contributed by atoms with Gasteiger partial charge in [-0.25, -0.2) is 0 Å². The summed E-state index contributed by atoms with van der Waals surface area (Å²) in [5.74, 6) is 0. The van der Waals surface area contributed by atoms with Gasteiger partial charge in [0, 0.05) is 10.4 Å². The van der Waals surface area contributed by atoms with E-state index in [4.69, 9.17) is 0 Å². The van der Waals surface area contributed by atoms with Gasteiger partial charge in [-0.2, -0.15) is 0 Å². The Kier molecular flexibility index (Phi) is 4.46. The molecule has 1 saturated heterocycles. The summed E-state index contributed by atoms with van der Waals surface area (Å²) in [7, 11) is 0. The summed E-state index contributed by atoms with van der Waals surface area (Å²) in [5.41, 5.74) is 1.11. The van der Waals surface area contributed by atoms with Crippen molar-refractivity contribution in [3.8, 4) is 0 Å². The van der Waals surface area contributed by atoms with E-state index in [9.17, 15) is 5.11 Å². The highest BCUT2D eigenvalue weighted by Gasteiger charge is 2.39. The smallest absolute Gasteiger partial charge is 0.106 e. The van der Waals surface area contributed by atoms with Crippen LogP contribution in [-0.4, -0.2) is 28.6 Å². The Bertz CT molecular complexity index is 384. The van der Waals surface area contributed by atoms with Crippen LogP contribution in [0.4, 0.5) is 0 Å². The topological polar surface area (TPSA) is 23.5 Å². The second-order valence-corrected chi connectivity index (χ2v) is 6.58. The maximum atomic E-state index is 10.8. The highest BCUT2D eigenvalue weighted by atomic mass is 32.1. The van der Waals surface area contributed by atoms with Crippen LogP contribution < -0.4 is 0 Å². The van der Waals surface area contributed by atoms with Crippen molar-refractivity contribution in [3.05, 3.63) is 21.9 Å². The maximum absolute atomic E-state index is 10.8. The molecule has 1 aromatic rings. The standard InChI is InChI=1S/C15H25NOS/c1-4-15(3,16-9-6-5-7-10-16)14(17)13-12(2)8-11-18-13/h8,11,14,17H,4-7,9-10H2,1-3H3. The molecule has 0 aromatic carbocycles. The molecule has 0 amide bonds. The van der Waals surface area contributed by atoms with Crippen molar-refractivity contribution in [1.29, 1.82) is 0 Å². The van der Waals surface area contributed by atoms with Gasteiger partial charge >= 0.3 is 0 Å². The van der Waals surface area contributed by atoms with Gasteiger partial charge in [0.2, 0.25) is 0 Å². The Morgan fingerprint density at radius 2 is 2.06 bits per heavy atom. The van der Waals surface area contributed by atoms with Crippen molar-refractivity contribution in [2.75, 3.05) is 13.1 Å². The van der Waals surface area contributed by atoms with Gasteiger partial charge in [0.15, 0.2) is 0 Å². The first kappa shape index (κ1) is 14.0. The monoisotopic (exact) mass is 267 g/mol. The lowest BCUT2D eigenvalue weighted by molar-refractivity contribution is -0.0337. The lowest BCUT2D eigenvalue weighted by Crippen LogP contribution is -2.52. The Balaban J connectivity index is 2.22. The molecule has 1 aliphatic rings. The van der Waals surface area contributed by atoms with E-state index in [1.165, 1.54) is 24.8 Å². The van der Waals surface area contributed by atoms with E-state index < -0.39 is 0 Å². The summed E-state index contributed by atoms with van der Waals surface area (Å²) in [5, 5.41) is 12.9. The van der Waals surface area contributed by atoms with Crippen LogP contribution in [0.1, 0.15) is 56.1 Å². The normalized spacial score (nSPS) is 22.7. The SMILES string of the molecule is CCC(C)(C(O)c1sccc1C)N1CCCCC1. The zero-order valence-electron chi connectivity index (χ0n) is 11.8. The van der Waals surface area contributed by atoms with Gasteiger partial charge in [-0.1, -0.05) is 13.3 Å². The molecule has 1 fully saturated rings. The first-order valence-corrected chi connectivity index (χ1v) is 7.94. The van der Waals surface area contributed by atoms with Gasteiger partial charge in [0.25, 0.3) is 0 Å². The minimum absolute atomic E-state index is 0.115. The molecule has 2 nitrogen and oxygen atoms in total. The first-order chi connectivity index (χ1) is 8.59. The molecule has 3 heteroatoms. The summed E-state index contributed by atoms with van der Waals surface area (Å²) >= 11 is 1.69. The molecule has 18 heavy (non-hydrogen) atoms. The number of hydrogen-bond donors (Lipinski definition) is 1. The number of aryl methyl sites for hydroxylation is 1. The molecule has 1 aromatic heterocycles. The second-order valence-electron chi connectivity index (χ2n) is 5.63. The predicted octanol–water partition coefficient (Wildman–Crippen LogP) is 3.74. The minimum atomic E-state index is -0.361. The van der Waals surface area contributed by atoms with Gasteiger partial charge in [0.05, 0.1) is 0 Å². The molecule has 0 bridgehead atoms. The molecule has 2 heterocycles. The lowest BCUT2D eigenvalue weighted by Gasteiger charge is -2.46. The number of piperidine rings is 1. The fourth-order valence-corrected chi connectivity index (χ4v) is 4.00. The van der Waals surface area contributed by atoms with Crippen molar-refractivity contribution in [1.82, 2.24) is 4.90 Å². The molecular formula is C15H25NOS. The molecule has 0 aliphatic carbocycles. The van der Waals surface area contributed by atoms with Crippen molar-refractivity contribution < 1.29 is 5.11 Å². The maximum Gasteiger partial charge on any atom is 0.106 e. The third-order valence-electron chi connectivity index (χ3n) is 4.53. The van der Waals surface area contributed by atoms with Gasteiger partial charge in [-0.05, 0) is 63.2 Å². The molecule has 1 N–H and O–H groups in total. The Morgan fingerprint density at radius 1 is 1.39 bits per heavy atom. The van der Waals surface area contributed by atoms with Gasteiger partial charge < -0.3 is 5.11 Å². The average molecular weight is 267 g/mol. The highest BCUT2D eigenvalue weighted by Crippen LogP contribution is 2.39. The third-order valence-corrected chi connectivity index (χ3v) is 5.60. The Hall–Kier alpha value is -0.380. The summed E-state index contributed by atoms with van der Waals surface area (Å²) < 4.78 is 0. The summed E-state index contributed by atoms with van der Waals surface area (Å²) in [6.07, 6.45) is 4.51. The number of likely N-dealkylation sites (tertiary alicyclic amines) is 1. The van der Waals surface area contributed by atoms with Crippen LogP contribution in [0.3, 0.4) is 0 Å². The lowest BCUT2D eigenvalue weighted by atomic mass is 9.86. The number of nitrogens with zero attached hydrogens (tertiary/aromatic N) is 1. The van der Waals surface area contributed by atoms with Crippen molar-refractivity contribution in [3.63, 3.8) is 0 Å². The zero-order chi connectivity index (χ0) is 13.2. The number of rotatable bonds is 4. The number of thiophene rings is 1. The molecule has 0 radical (unpaired) electrons. The summed E-state index contributed by atoms with van der Waals surface area (Å²) in [6, 6.07) is 2.11. The fourth-order valence-electron chi connectivity index (χ4n) is 2.94. The van der Waals surface area contributed by atoms with Crippen molar-refractivity contribution in [2.45, 2.75) is 58.1 Å². The third kappa shape index (κ3) is 2.49. The highest BCUT2D eigenvalue weighted by molar-refractivity contribution is 7.10. The van der Waals surface area contributed by atoms with E-state index in [2.05, 4.69) is 37.1 Å². The van der Waals surface area contributed by atoms with Crippen LogP contribution in [0.25, 0.3) is 0 Å². The Labute approximate surface area is 115 Å². The molecule has 0 spiro atoms. The predicted molar refractivity (Wildman–Crippen MR) is 78.1 cm³/mol. The number of aliphatic hydroxyl groups is 1. The molecule has 2 unspecified atom stereocenters. The quantitative estimate of drug-likeness (QED) is 0.898. The molecular weight excluding hydrogens is 242 g/mol. The van der Waals surface area contributed by atoms with E-state index in [-0.39, 0.29) is 11.6 Å². The molecule has 2 rings (SSSR count). The van der Waals surface area contributed by atoms with Crippen LogP contribution >= 0.6 is 11.3 Å².